The highest BCUT2D eigenvalue weighted by molar-refractivity contribution is 8.00. The summed E-state index contributed by atoms with van der Waals surface area (Å²) in [5.41, 5.74) is -5.90. The lowest BCUT2D eigenvalue weighted by atomic mass is 11.0. The van der Waals surface area contributed by atoms with E-state index < -0.39 is 36.1 Å². The third kappa shape index (κ3) is 5.04. The third-order valence-corrected chi connectivity index (χ3v) is 4.24. The van der Waals surface area contributed by atoms with E-state index in [1.54, 1.807) is 3.77 Å². The van der Waals surface area contributed by atoms with Crippen molar-refractivity contribution in [2.24, 2.45) is 3.77 Å². The van der Waals surface area contributed by atoms with Crippen LogP contribution in [0.3, 0.4) is 0 Å². The van der Waals surface area contributed by atoms with E-state index in [1.807, 2.05) is 0 Å². The molecule has 0 aliphatic heterocycles. The van der Waals surface area contributed by atoms with Crippen LogP contribution in [-0.2, 0) is 25.0 Å². The number of nitrogens with zero attached hydrogens (tertiary/aromatic N) is 2. The predicted octanol–water partition coefficient (Wildman–Crippen LogP) is 1.20. The standard InChI is InChI=1S/C5H7F3N2O6S2.CH4/c1-3-16-4(11)10(2)18(14,15)9-17(12,13)5(6,7)8;/h3H,1H2,2H3,(H,9,12,13);1H4/p-1. The number of carbonyl (C=O) groups excluding carboxylic acids is 1. The van der Waals surface area contributed by atoms with Crippen LogP contribution in [0.4, 0.5) is 18.0 Å². The molecule has 0 rings (SSSR count). The summed E-state index contributed by atoms with van der Waals surface area (Å²) in [5, 5.41) is 0. The minimum atomic E-state index is -6.29. The van der Waals surface area contributed by atoms with Gasteiger partial charge in [0.2, 0.25) is 0 Å². The Hall–Kier alpha value is -1.34. The van der Waals surface area contributed by atoms with E-state index in [-0.39, 0.29) is 7.43 Å². The SMILES string of the molecule is C.C=COC(=O)N(C)S(=O)(=O)N=S(=O)([O-])C(F)(F)F. The van der Waals surface area contributed by atoms with Crippen LogP contribution in [-0.4, -0.2) is 40.1 Å². The normalized spacial score (nSPS) is 14.6. The average molecular weight is 327 g/mol. The van der Waals surface area contributed by atoms with Gasteiger partial charge in [-0.25, -0.2) is 4.79 Å². The zero-order valence-electron chi connectivity index (χ0n) is 8.58. The molecule has 114 valence electrons. The molecule has 0 radical (unpaired) electrons. The van der Waals surface area contributed by atoms with Crippen LogP contribution in [0, 0.1) is 0 Å². The van der Waals surface area contributed by atoms with Gasteiger partial charge in [-0.15, -0.1) is 0 Å². The first-order chi connectivity index (χ1) is 7.85. The third-order valence-electron chi connectivity index (χ3n) is 1.27. The number of carbonyl (C=O) groups is 1. The summed E-state index contributed by atoms with van der Waals surface area (Å²) < 4.78 is 83.8. The number of hydrogen-bond donors (Lipinski definition) is 0. The maximum Gasteiger partial charge on any atom is 0.468 e. The Morgan fingerprint density at radius 1 is 1.42 bits per heavy atom. The number of ether oxygens (including phenoxy) is 1. The van der Waals surface area contributed by atoms with Crippen LogP contribution in [0.2, 0.25) is 0 Å². The molecule has 19 heavy (non-hydrogen) atoms. The Balaban J connectivity index is 0. The predicted molar refractivity (Wildman–Crippen MR) is 57.5 cm³/mol. The van der Waals surface area contributed by atoms with Crippen molar-refractivity contribution in [3.8, 4) is 0 Å². The van der Waals surface area contributed by atoms with Gasteiger partial charge >= 0.3 is 21.8 Å². The Bertz CT molecular complexity index is 560. The van der Waals surface area contributed by atoms with Crippen LogP contribution >= 0.6 is 0 Å². The molecule has 0 saturated heterocycles. The van der Waals surface area contributed by atoms with Crippen molar-refractivity contribution in [2.75, 3.05) is 7.05 Å². The van der Waals surface area contributed by atoms with Crippen molar-refractivity contribution in [3.05, 3.63) is 12.8 Å². The molecule has 0 fully saturated rings. The highest BCUT2D eigenvalue weighted by Crippen LogP contribution is 2.25. The molecular weight excluding hydrogens is 317 g/mol. The molecule has 13 heteroatoms. The number of hydrogen-bond acceptors (Lipinski definition) is 6. The minimum absolute atomic E-state index is 0. The number of rotatable bonds is 3. The van der Waals surface area contributed by atoms with Gasteiger partial charge in [-0.3, -0.25) is 4.21 Å². The Kier molecular flexibility index (Phi) is 6.53. The Morgan fingerprint density at radius 3 is 2.16 bits per heavy atom. The summed E-state index contributed by atoms with van der Waals surface area (Å²) in [6.45, 7) is 2.89. The van der Waals surface area contributed by atoms with Gasteiger partial charge in [0.1, 0.15) is 10.0 Å². The van der Waals surface area contributed by atoms with Crippen LogP contribution in [0.1, 0.15) is 7.43 Å². The van der Waals surface area contributed by atoms with E-state index in [4.69, 9.17) is 0 Å². The van der Waals surface area contributed by atoms with Gasteiger partial charge in [0.25, 0.3) is 0 Å². The lowest BCUT2D eigenvalue weighted by Gasteiger charge is -2.19. The van der Waals surface area contributed by atoms with Crippen molar-refractivity contribution in [1.82, 2.24) is 4.31 Å². The maximum atomic E-state index is 11.9. The highest BCUT2D eigenvalue weighted by Gasteiger charge is 2.38. The quantitative estimate of drug-likeness (QED) is 0.719. The van der Waals surface area contributed by atoms with E-state index in [0.717, 1.165) is 0 Å². The molecule has 0 N–H and O–H groups in total. The van der Waals surface area contributed by atoms with Crippen molar-refractivity contribution in [3.63, 3.8) is 0 Å². The first kappa shape index (κ1) is 20.0. The lowest BCUT2D eigenvalue weighted by Crippen LogP contribution is -2.33. The molecule has 0 aliphatic carbocycles. The first-order valence-electron chi connectivity index (χ1n) is 3.71. The molecule has 0 aromatic heterocycles. The molecule has 0 saturated carbocycles. The minimum Gasteiger partial charge on any atom is -0.757 e. The second-order valence-electron chi connectivity index (χ2n) is 2.49. The van der Waals surface area contributed by atoms with E-state index in [0.29, 0.717) is 13.3 Å². The molecule has 0 bridgehead atoms. The van der Waals surface area contributed by atoms with E-state index in [9.17, 15) is 35.1 Å². The van der Waals surface area contributed by atoms with Gasteiger partial charge in [0, 0.05) is 7.05 Å². The molecule has 0 aliphatic rings. The highest BCUT2D eigenvalue weighted by atomic mass is 32.3. The van der Waals surface area contributed by atoms with Gasteiger partial charge < -0.3 is 9.29 Å². The summed E-state index contributed by atoms with van der Waals surface area (Å²) in [7, 11) is -11.2. The zero-order valence-corrected chi connectivity index (χ0v) is 10.2. The van der Waals surface area contributed by atoms with Crippen molar-refractivity contribution in [1.29, 1.82) is 0 Å². The van der Waals surface area contributed by atoms with Gasteiger partial charge in [-0.05, 0) is 0 Å². The second kappa shape index (κ2) is 6.21. The van der Waals surface area contributed by atoms with Crippen molar-refractivity contribution in [2.45, 2.75) is 12.9 Å². The maximum absolute atomic E-state index is 11.9. The van der Waals surface area contributed by atoms with Crippen LogP contribution in [0.15, 0.2) is 16.6 Å². The average Bonchev–Trinajstić information content (AvgIpc) is 2.13. The molecule has 1 atom stereocenters. The molecule has 1 amide bonds. The summed E-state index contributed by atoms with van der Waals surface area (Å²) in [6.07, 6.45) is -1.18. The fraction of sp³-hybridized carbons (Fsp3) is 0.500. The first-order valence-corrected chi connectivity index (χ1v) is 6.55. The largest absolute Gasteiger partial charge is 0.757 e. The zero-order chi connectivity index (χ0) is 14.8. The summed E-state index contributed by atoms with van der Waals surface area (Å²) in [6, 6.07) is 0. The smallest absolute Gasteiger partial charge is 0.468 e. The van der Waals surface area contributed by atoms with Gasteiger partial charge in [-0.1, -0.05) is 17.8 Å². The fourth-order valence-electron chi connectivity index (χ4n) is 0.456. The fourth-order valence-corrected chi connectivity index (χ4v) is 2.42. The molecule has 1 unspecified atom stereocenters. The topological polar surface area (TPSA) is 116 Å². The second-order valence-corrected chi connectivity index (χ2v) is 5.94. The van der Waals surface area contributed by atoms with Crippen LogP contribution in [0.25, 0.3) is 0 Å². The number of amides is 1. The van der Waals surface area contributed by atoms with Crippen LogP contribution < -0.4 is 0 Å². The number of alkyl halides is 3. The number of halogens is 3. The molecule has 8 nitrogen and oxygen atoms in total. The summed E-state index contributed by atoms with van der Waals surface area (Å²) in [5.74, 6) is 0. The van der Waals surface area contributed by atoms with Crippen LogP contribution in [0.5, 0.6) is 0 Å². The van der Waals surface area contributed by atoms with E-state index >= 15 is 0 Å². The van der Waals surface area contributed by atoms with Gasteiger partial charge in [-0.2, -0.15) is 25.9 Å². The molecule has 0 spiro atoms. The summed E-state index contributed by atoms with van der Waals surface area (Å²) in [4.78, 5) is 10.8. The molecule has 0 aromatic carbocycles. The Morgan fingerprint density at radius 2 is 1.84 bits per heavy atom. The van der Waals surface area contributed by atoms with Crippen molar-refractivity contribution < 1.29 is 39.9 Å². The van der Waals surface area contributed by atoms with Gasteiger partial charge in [0.05, 0.1) is 6.26 Å². The van der Waals surface area contributed by atoms with E-state index in [2.05, 4.69) is 11.3 Å². The summed E-state index contributed by atoms with van der Waals surface area (Å²) >= 11 is 0. The van der Waals surface area contributed by atoms with Crippen molar-refractivity contribution >= 4 is 26.3 Å². The Labute approximate surface area is 108 Å². The van der Waals surface area contributed by atoms with Gasteiger partial charge in [0.15, 0.2) is 0 Å². The molecule has 0 heterocycles. The monoisotopic (exact) mass is 327 g/mol. The van der Waals surface area contributed by atoms with E-state index in [1.165, 1.54) is 0 Å². The molecular formula is C6H10F3N2O6S2-. The molecule has 0 aromatic rings. The lowest BCUT2D eigenvalue weighted by molar-refractivity contribution is -0.0474.